The molecule has 0 radical (unpaired) electrons. The zero-order valence-corrected chi connectivity index (χ0v) is 18.8. The molecule has 0 aromatic heterocycles. The molecule has 0 aliphatic rings. The number of halogens is 5. The summed E-state index contributed by atoms with van der Waals surface area (Å²) in [7, 11) is 1.46. The molecule has 0 unspecified atom stereocenters. The Balaban J connectivity index is 1.91. The van der Waals surface area contributed by atoms with Crippen LogP contribution in [0.5, 0.6) is 0 Å². The molecule has 0 spiro atoms. The van der Waals surface area contributed by atoms with E-state index in [9.17, 15) is 26.7 Å². The van der Waals surface area contributed by atoms with E-state index in [0.717, 1.165) is 17.7 Å². The number of hydrogen-bond acceptors (Lipinski definition) is 2. The van der Waals surface area contributed by atoms with Crippen molar-refractivity contribution in [2.24, 2.45) is 0 Å². The first kappa shape index (κ1) is 25.2. The number of hydrogen-bond donors (Lipinski definition) is 1. The van der Waals surface area contributed by atoms with Gasteiger partial charge in [0, 0.05) is 13.6 Å². The largest absolute Gasteiger partial charge is 0.416 e. The van der Waals surface area contributed by atoms with Crippen molar-refractivity contribution >= 4 is 11.6 Å². The van der Waals surface area contributed by atoms with Crippen LogP contribution in [-0.2, 0) is 17.4 Å². The minimum absolute atomic E-state index is 0.213. The second-order valence-corrected chi connectivity index (χ2v) is 8.01. The van der Waals surface area contributed by atoms with E-state index in [-0.39, 0.29) is 12.2 Å². The summed E-state index contributed by atoms with van der Waals surface area (Å²) in [5, 5.41) is 2.59. The number of amides is 1. The minimum atomic E-state index is -4.41. The number of benzene rings is 3. The number of nitrogens with zero attached hydrogens (tertiary/aromatic N) is 1. The molecule has 0 bridgehead atoms. The van der Waals surface area contributed by atoms with E-state index >= 15 is 0 Å². The maximum atomic E-state index is 14.9. The molecule has 1 N–H and O–H groups in total. The monoisotopic (exact) mass is 476 g/mol. The van der Waals surface area contributed by atoms with Gasteiger partial charge in [0.25, 0.3) is 0 Å². The van der Waals surface area contributed by atoms with E-state index < -0.39 is 35.3 Å². The van der Waals surface area contributed by atoms with Crippen LogP contribution in [0.3, 0.4) is 0 Å². The summed E-state index contributed by atoms with van der Waals surface area (Å²) < 4.78 is 66.9. The summed E-state index contributed by atoms with van der Waals surface area (Å²) in [6, 6.07) is 13.9. The van der Waals surface area contributed by atoms with Crippen molar-refractivity contribution in [3.63, 3.8) is 0 Å². The standard InChI is InChI=1S/C26H25F5N2O/c1-17-5-14-22(28)23(16-17)33(24(25(34)32-2)19-8-12-21(27)13-9-19)15-3-4-18-6-10-20(11-7-18)26(29,30)31/h5-14,16,24H,3-4,15H2,1-2H3,(H,32,34)/t24-/m1/s1. The maximum Gasteiger partial charge on any atom is 0.416 e. The number of rotatable bonds is 8. The summed E-state index contributed by atoms with van der Waals surface area (Å²) in [6.07, 6.45) is -3.55. The number of carbonyl (C=O) groups excluding carboxylic acids is 1. The fourth-order valence-electron chi connectivity index (χ4n) is 3.80. The Morgan fingerprint density at radius 2 is 1.62 bits per heavy atom. The van der Waals surface area contributed by atoms with Gasteiger partial charge in [-0.05, 0) is 72.9 Å². The van der Waals surface area contributed by atoms with Crippen molar-refractivity contribution in [2.75, 3.05) is 18.5 Å². The number of alkyl halides is 3. The minimum Gasteiger partial charge on any atom is -0.357 e. The van der Waals surface area contributed by atoms with Gasteiger partial charge in [-0.1, -0.05) is 30.3 Å². The van der Waals surface area contributed by atoms with Crippen LogP contribution in [-0.4, -0.2) is 19.5 Å². The fourth-order valence-corrected chi connectivity index (χ4v) is 3.80. The van der Waals surface area contributed by atoms with Gasteiger partial charge in [-0.2, -0.15) is 13.2 Å². The molecular formula is C26H25F5N2O. The Hall–Kier alpha value is -3.42. The summed E-state index contributed by atoms with van der Waals surface area (Å²) in [5.41, 5.74) is 1.45. The molecule has 3 aromatic carbocycles. The Labute approximate surface area is 195 Å². The Bertz CT molecular complexity index is 1110. The lowest BCUT2D eigenvalue weighted by Gasteiger charge is -2.33. The van der Waals surface area contributed by atoms with Crippen LogP contribution in [0.1, 0.15) is 34.7 Å². The van der Waals surface area contributed by atoms with E-state index in [4.69, 9.17) is 0 Å². The topological polar surface area (TPSA) is 32.3 Å². The lowest BCUT2D eigenvalue weighted by molar-refractivity contribution is -0.137. The average Bonchev–Trinajstić information content (AvgIpc) is 2.80. The van der Waals surface area contributed by atoms with Crippen LogP contribution < -0.4 is 10.2 Å². The van der Waals surface area contributed by atoms with Gasteiger partial charge in [-0.3, -0.25) is 4.79 Å². The highest BCUT2D eigenvalue weighted by molar-refractivity contribution is 5.86. The van der Waals surface area contributed by atoms with Crippen LogP contribution >= 0.6 is 0 Å². The van der Waals surface area contributed by atoms with Crippen LogP contribution in [0, 0.1) is 18.6 Å². The Kier molecular flexibility index (Phi) is 7.91. The molecule has 0 saturated carbocycles. The average molecular weight is 476 g/mol. The molecule has 1 atom stereocenters. The molecule has 34 heavy (non-hydrogen) atoms. The molecule has 180 valence electrons. The summed E-state index contributed by atoms with van der Waals surface area (Å²) >= 11 is 0. The van der Waals surface area contributed by atoms with Crippen LogP contribution in [0.25, 0.3) is 0 Å². The molecule has 1 amide bonds. The third kappa shape index (κ3) is 6.12. The van der Waals surface area contributed by atoms with E-state index in [1.54, 1.807) is 24.0 Å². The number of aryl methyl sites for hydroxylation is 2. The van der Waals surface area contributed by atoms with E-state index in [1.807, 2.05) is 0 Å². The van der Waals surface area contributed by atoms with Gasteiger partial charge < -0.3 is 10.2 Å². The summed E-state index contributed by atoms with van der Waals surface area (Å²) in [5.74, 6) is -1.38. The van der Waals surface area contributed by atoms with Crippen LogP contribution in [0.15, 0.2) is 66.7 Å². The van der Waals surface area contributed by atoms with E-state index in [0.29, 0.717) is 24.0 Å². The predicted molar refractivity (Wildman–Crippen MR) is 121 cm³/mol. The molecule has 3 rings (SSSR count). The second kappa shape index (κ2) is 10.7. The van der Waals surface area contributed by atoms with Crippen LogP contribution in [0.2, 0.25) is 0 Å². The third-order valence-electron chi connectivity index (χ3n) is 5.55. The number of nitrogens with one attached hydrogen (secondary N) is 1. The lowest BCUT2D eigenvalue weighted by atomic mass is 10.0. The molecule has 8 heteroatoms. The summed E-state index contributed by atoms with van der Waals surface area (Å²) in [6.45, 7) is 2.03. The van der Waals surface area contributed by atoms with Crippen molar-refractivity contribution in [1.82, 2.24) is 5.32 Å². The van der Waals surface area contributed by atoms with E-state index in [1.165, 1.54) is 49.5 Å². The maximum absolute atomic E-state index is 14.9. The van der Waals surface area contributed by atoms with Crippen molar-refractivity contribution < 1.29 is 26.7 Å². The first-order chi connectivity index (χ1) is 16.1. The van der Waals surface area contributed by atoms with Crippen molar-refractivity contribution in [3.8, 4) is 0 Å². The highest BCUT2D eigenvalue weighted by atomic mass is 19.4. The van der Waals surface area contributed by atoms with Gasteiger partial charge in [0.15, 0.2) is 0 Å². The van der Waals surface area contributed by atoms with Crippen molar-refractivity contribution in [3.05, 3.63) is 101 Å². The second-order valence-electron chi connectivity index (χ2n) is 8.01. The van der Waals surface area contributed by atoms with Crippen molar-refractivity contribution in [1.29, 1.82) is 0 Å². The fraction of sp³-hybridized carbons (Fsp3) is 0.269. The smallest absolute Gasteiger partial charge is 0.357 e. The molecular weight excluding hydrogens is 451 g/mol. The summed E-state index contributed by atoms with van der Waals surface area (Å²) in [4.78, 5) is 14.5. The molecule has 3 nitrogen and oxygen atoms in total. The molecule has 0 aliphatic heterocycles. The number of anilines is 1. The van der Waals surface area contributed by atoms with Crippen molar-refractivity contribution in [2.45, 2.75) is 32.0 Å². The molecule has 3 aromatic rings. The van der Waals surface area contributed by atoms with Gasteiger partial charge in [-0.15, -0.1) is 0 Å². The zero-order chi connectivity index (χ0) is 24.9. The quantitative estimate of drug-likeness (QED) is 0.392. The molecule has 0 heterocycles. The first-order valence-corrected chi connectivity index (χ1v) is 10.8. The number of likely N-dealkylation sites (N-methyl/N-ethyl adjacent to an activating group) is 1. The van der Waals surface area contributed by atoms with Gasteiger partial charge in [0.1, 0.15) is 17.7 Å². The number of carbonyl (C=O) groups is 1. The Morgan fingerprint density at radius 1 is 0.971 bits per heavy atom. The highest BCUT2D eigenvalue weighted by Crippen LogP contribution is 2.32. The van der Waals surface area contributed by atoms with Gasteiger partial charge in [-0.25, -0.2) is 8.78 Å². The molecule has 0 saturated heterocycles. The van der Waals surface area contributed by atoms with Gasteiger partial charge >= 0.3 is 6.18 Å². The predicted octanol–water partition coefficient (Wildman–Crippen LogP) is 6.22. The van der Waals surface area contributed by atoms with Crippen LogP contribution in [0.4, 0.5) is 27.6 Å². The third-order valence-corrected chi connectivity index (χ3v) is 5.55. The lowest BCUT2D eigenvalue weighted by Crippen LogP contribution is -2.40. The van der Waals surface area contributed by atoms with E-state index in [2.05, 4.69) is 5.32 Å². The molecule has 0 aliphatic carbocycles. The molecule has 0 fully saturated rings. The zero-order valence-electron chi connectivity index (χ0n) is 18.8. The Morgan fingerprint density at radius 3 is 2.21 bits per heavy atom. The SMILES string of the molecule is CNC(=O)[C@@H](c1ccc(F)cc1)N(CCCc1ccc(C(F)(F)F)cc1)c1cc(C)ccc1F. The van der Waals surface area contributed by atoms with Gasteiger partial charge in [0.05, 0.1) is 11.3 Å². The normalized spacial score (nSPS) is 12.3. The van der Waals surface area contributed by atoms with Gasteiger partial charge in [0.2, 0.25) is 5.91 Å². The highest BCUT2D eigenvalue weighted by Gasteiger charge is 2.30. The first-order valence-electron chi connectivity index (χ1n) is 10.8.